The SMILES string of the molecule is CCCc1nn(C)c(NC(CN)CCC)c1[N+](=O)[O-]. The molecule has 108 valence electrons. The Morgan fingerprint density at radius 2 is 2.16 bits per heavy atom. The Morgan fingerprint density at radius 3 is 2.63 bits per heavy atom. The number of aromatic nitrogens is 2. The molecule has 1 aromatic heterocycles. The zero-order valence-electron chi connectivity index (χ0n) is 11.8. The molecule has 0 aliphatic heterocycles. The van der Waals surface area contributed by atoms with Crippen molar-refractivity contribution >= 4 is 11.5 Å². The van der Waals surface area contributed by atoms with Crippen LogP contribution >= 0.6 is 0 Å². The number of nitrogens with two attached hydrogens (primary N) is 1. The Hall–Kier alpha value is -1.63. The fraction of sp³-hybridized carbons (Fsp3) is 0.750. The number of rotatable bonds is 8. The van der Waals surface area contributed by atoms with Crippen LogP contribution in [0.2, 0.25) is 0 Å². The Labute approximate surface area is 113 Å². The van der Waals surface area contributed by atoms with Gasteiger partial charge in [0.2, 0.25) is 5.82 Å². The Balaban J connectivity index is 3.07. The van der Waals surface area contributed by atoms with Crippen LogP contribution in [0.4, 0.5) is 11.5 Å². The summed E-state index contributed by atoms with van der Waals surface area (Å²) in [6.45, 7) is 4.48. The lowest BCUT2D eigenvalue weighted by molar-refractivity contribution is -0.384. The molecule has 0 aliphatic carbocycles. The number of nitrogens with one attached hydrogen (secondary N) is 1. The summed E-state index contributed by atoms with van der Waals surface area (Å²) in [5, 5.41) is 18.6. The summed E-state index contributed by atoms with van der Waals surface area (Å²) in [7, 11) is 1.72. The molecule has 3 N–H and O–H groups in total. The lowest BCUT2D eigenvalue weighted by Gasteiger charge is -2.16. The van der Waals surface area contributed by atoms with E-state index in [1.165, 1.54) is 0 Å². The summed E-state index contributed by atoms with van der Waals surface area (Å²) in [4.78, 5) is 10.9. The molecule has 0 aliphatic rings. The smallest absolute Gasteiger partial charge is 0.333 e. The van der Waals surface area contributed by atoms with Gasteiger partial charge in [-0.2, -0.15) is 5.10 Å². The number of aryl methyl sites for hydroxylation is 2. The number of hydrogen-bond acceptors (Lipinski definition) is 5. The highest BCUT2D eigenvalue weighted by Crippen LogP contribution is 2.29. The molecule has 1 aromatic rings. The molecule has 0 saturated carbocycles. The van der Waals surface area contributed by atoms with E-state index < -0.39 is 0 Å². The maximum atomic E-state index is 11.2. The first kappa shape index (κ1) is 15.4. The van der Waals surface area contributed by atoms with Crippen molar-refractivity contribution in [2.24, 2.45) is 12.8 Å². The molecule has 19 heavy (non-hydrogen) atoms. The number of anilines is 1. The molecule has 7 heteroatoms. The predicted molar refractivity (Wildman–Crippen MR) is 75.2 cm³/mol. The van der Waals surface area contributed by atoms with E-state index in [0.717, 1.165) is 19.3 Å². The molecule has 1 heterocycles. The minimum atomic E-state index is -0.361. The van der Waals surface area contributed by atoms with Gasteiger partial charge >= 0.3 is 5.69 Å². The van der Waals surface area contributed by atoms with Crippen LogP contribution in [-0.2, 0) is 13.5 Å². The van der Waals surface area contributed by atoms with E-state index >= 15 is 0 Å². The molecular formula is C12H23N5O2. The minimum Gasteiger partial charge on any atom is -0.361 e. The highest BCUT2D eigenvalue weighted by atomic mass is 16.6. The van der Waals surface area contributed by atoms with Gasteiger partial charge in [0.1, 0.15) is 5.69 Å². The number of nitrogens with zero attached hydrogens (tertiary/aromatic N) is 3. The van der Waals surface area contributed by atoms with Crippen molar-refractivity contribution in [3.05, 3.63) is 15.8 Å². The number of nitro groups is 1. The molecule has 0 aromatic carbocycles. The Bertz CT molecular complexity index is 430. The summed E-state index contributed by atoms with van der Waals surface area (Å²) in [5.74, 6) is 0.456. The van der Waals surface area contributed by atoms with Gasteiger partial charge in [-0.3, -0.25) is 10.1 Å². The van der Waals surface area contributed by atoms with Gasteiger partial charge in [-0.25, -0.2) is 4.68 Å². The summed E-state index contributed by atoms with van der Waals surface area (Å²) in [6, 6.07) is 0.0357. The van der Waals surface area contributed by atoms with E-state index in [9.17, 15) is 10.1 Å². The fourth-order valence-electron chi connectivity index (χ4n) is 2.12. The van der Waals surface area contributed by atoms with Crippen LogP contribution in [0.1, 0.15) is 38.8 Å². The predicted octanol–water partition coefficient (Wildman–Crippen LogP) is 1.82. The zero-order chi connectivity index (χ0) is 14.4. The average Bonchev–Trinajstić information content (AvgIpc) is 2.65. The molecular weight excluding hydrogens is 246 g/mol. The first-order chi connectivity index (χ1) is 9.04. The van der Waals surface area contributed by atoms with Crippen molar-refractivity contribution in [3.8, 4) is 0 Å². The van der Waals surface area contributed by atoms with Crippen LogP contribution in [0.3, 0.4) is 0 Å². The van der Waals surface area contributed by atoms with Crippen LogP contribution in [0.25, 0.3) is 0 Å². The quantitative estimate of drug-likeness (QED) is 0.554. The van der Waals surface area contributed by atoms with Gasteiger partial charge in [0.15, 0.2) is 0 Å². The topological polar surface area (TPSA) is 99.0 Å². The molecule has 0 amide bonds. The third-order valence-corrected chi connectivity index (χ3v) is 3.02. The van der Waals surface area contributed by atoms with Crippen molar-refractivity contribution in [2.75, 3.05) is 11.9 Å². The maximum absolute atomic E-state index is 11.2. The van der Waals surface area contributed by atoms with E-state index in [4.69, 9.17) is 5.73 Å². The monoisotopic (exact) mass is 269 g/mol. The van der Waals surface area contributed by atoms with Crippen LogP contribution in [0, 0.1) is 10.1 Å². The second-order valence-electron chi connectivity index (χ2n) is 4.64. The van der Waals surface area contributed by atoms with Gasteiger partial charge in [0, 0.05) is 19.6 Å². The second kappa shape index (κ2) is 7.08. The van der Waals surface area contributed by atoms with Crippen molar-refractivity contribution in [1.82, 2.24) is 9.78 Å². The third-order valence-electron chi connectivity index (χ3n) is 3.02. The van der Waals surface area contributed by atoms with Crippen molar-refractivity contribution in [2.45, 2.75) is 45.6 Å². The number of hydrogen-bond donors (Lipinski definition) is 2. The summed E-state index contributed by atoms with van der Waals surface area (Å²) >= 11 is 0. The highest BCUT2D eigenvalue weighted by Gasteiger charge is 2.27. The normalized spacial score (nSPS) is 12.4. The first-order valence-electron chi connectivity index (χ1n) is 6.71. The van der Waals surface area contributed by atoms with E-state index in [-0.39, 0.29) is 16.7 Å². The lowest BCUT2D eigenvalue weighted by Crippen LogP contribution is -2.29. The molecule has 1 unspecified atom stereocenters. The lowest BCUT2D eigenvalue weighted by atomic mass is 10.1. The van der Waals surface area contributed by atoms with Crippen molar-refractivity contribution < 1.29 is 4.92 Å². The van der Waals surface area contributed by atoms with Gasteiger partial charge in [0.05, 0.1) is 4.92 Å². The standard InChI is InChI=1S/C12H23N5O2/c1-4-6-9(8-13)14-12-11(17(18)19)10(7-5-2)15-16(12)3/h9,14H,4-8,13H2,1-3H3. The third kappa shape index (κ3) is 3.66. The average molecular weight is 269 g/mol. The fourth-order valence-corrected chi connectivity index (χ4v) is 2.12. The van der Waals surface area contributed by atoms with Gasteiger partial charge < -0.3 is 11.1 Å². The zero-order valence-corrected chi connectivity index (χ0v) is 11.8. The molecule has 0 radical (unpaired) electrons. The minimum absolute atomic E-state index is 0.0357. The molecule has 0 fully saturated rings. The molecule has 0 saturated heterocycles. The molecule has 7 nitrogen and oxygen atoms in total. The highest BCUT2D eigenvalue weighted by molar-refractivity contribution is 5.60. The maximum Gasteiger partial charge on any atom is 0.333 e. The van der Waals surface area contributed by atoms with Gasteiger partial charge in [0.25, 0.3) is 0 Å². The van der Waals surface area contributed by atoms with E-state index in [0.29, 0.717) is 24.5 Å². The van der Waals surface area contributed by atoms with Gasteiger partial charge in [-0.1, -0.05) is 26.7 Å². The Morgan fingerprint density at radius 1 is 1.47 bits per heavy atom. The first-order valence-corrected chi connectivity index (χ1v) is 6.71. The van der Waals surface area contributed by atoms with Crippen molar-refractivity contribution in [1.29, 1.82) is 0 Å². The van der Waals surface area contributed by atoms with Gasteiger partial charge in [-0.05, 0) is 12.8 Å². The second-order valence-corrected chi connectivity index (χ2v) is 4.64. The van der Waals surface area contributed by atoms with E-state index in [2.05, 4.69) is 17.3 Å². The van der Waals surface area contributed by atoms with Crippen molar-refractivity contribution in [3.63, 3.8) is 0 Å². The van der Waals surface area contributed by atoms with Crippen LogP contribution < -0.4 is 11.1 Å². The summed E-state index contributed by atoms with van der Waals surface area (Å²) < 4.78 is 1.54. The Kier molecular flexibility index (Phi) is 5.75. The summed E-state index contributed by atoms with van der Waals surface area (Å²) in [5.41, 5.74) is 6.30. The molecule has 0 bridgehead atoms. The van der Waals surface area contributed by atoms with Crippen LogP contribution in [-0.4, -0.2) is 27.3 Å². The molecule has 1 rings (SSSR count). The van der Waals surface area contributed by atoms with Gasteiger partial charge in [-0.15, -0.1) is 0 Å². The largest absolute Gasteiger partial charge is 0.361 e. The van der Waals surface area contributed by atoms with Crippen LogP contribution in [0.15, 0.2) is 0 Å². The summed E-state index contributed by atoms with van der Waals surface area (Å²) in [6.07, 6.45) is 3.28. The van der Waals surface area contributed by atoms with E-state index in [1.54, 1.807) is 11.7 Å². The molecule has 1 atom stereocenters. The van der Waals surface area contributed by atoms with Crippen LogP contribution in [0.5, 0.6) is 0 Å². The molecule has 0 spiro atoms. The van der Waals surface area contributed by atoms with E-state index in [1.807, 2.05) is 6.92 Å².